The number of ether oxygens (including phenoxy) is 2. The maximum Gasteiger partial charge on any atom is 0.317 e. The molecule has 1 aliphatic rings. The third kappa shape index (κ3) is 3.78. The van der Waals surface area contributed by atoms with E-state index in [9.17, 15) is 4.79 Å². The second-order valence-corrected chi connectivity index (χ2v) is 5.00. The molecular formula is C15H18N4O4. The van der Waals surface area contributed by atoms with E-state index < -0.39 is 0 Å². The average molecular weight is 318 g/mol. The van der Waals surface area contributed by atoms with Gasteiger partial charge >= 0.3 is 6.03 Å². The zero-order valence-electron chi connectivity index (χ0n) is 12.8. The SMILES string of the molecule is COc1cccc(-c2noc(CNC(=O)N3CCOCC3)n2)c1. The van der Waals surface area contributed by atoms with Crippen LogP contribution in [0.25, 0.3) is 11.4 Å². The summed E-state index contributed by atoms with van der Waals surface area (Å²) in [6.45, 7) is 2.49. The van der Waals surface area contributed by atoms with Gasteiger partial charge in [0.2, 0.25) is 11.7 Å². The number of methoxy groups -OCH3 is 1. The Labute approximate surface area is 133 Å². The summed E-state index contributed by atoms with van der Waals surface area (Å²) in [5.41, 5.74) is 0.791. The molecule has 8 nitrogen and oxygen atoms in total. The number of carbonyl (C=O) groups is 1. The lowest BCUT2D eigenvalue weighted by Crippen LogP contribution is -2.45. The van der Waals surface area contributed by atoms with Crippen LogP contribution in [0.2, 0.25) is 0 Å². The number of nitrogens with zero attached hydrogens (tertiary/aromatic N) is 3. The molecule has 0 bridgehead atoms. The van der Waals surface area contributed by atoms with Gasteiger partial charge in [0.05, 0.1) is 26.9 Å². The highest BCUT2D eigenvalue weighted by atomic mass is 16.5. The number of benzene rings is 1. The number of nitrogens with one attached hydrogen (secondary N) is 1. The Balaban J connectivity index is 1.59. The fraction of sp³-hybridized carbons (Fsp3) is 0.400. The lowest BCUT2D eigenvalue weighted by molar-refractivity contribution is 0.0529. The van der Waals surface area contributed by atoms with Crippen molar-refractivity contribution in [2.45, 2.75) is 6.54 Å². The van der Waals surface area contributed by atoms with E-state index in [1.54, 1.807) is 12.0 Å². The lowest BCUT2D eigenvalue weighted by atomic mass is 10.2. The van der Waals surface area contributed by atoms with Crippen LogP contribution in [0, 0.1) is 0 Å². The van der Waals surface area contributed by atoms with Gasteiger partial charge in [0, 0.05) is 18.7 Å². The number of hydrogen-bond acceptors (Lipinski definition) is 6. The summed E-state index contributed by atoms with van der Waals surface area (Å²) < 4.78 is 15.6. The third-order valence-electron chi connectivity index (χ3n) is 3.49. The van der Waals surface area contributed by atoms with E-state index in [1.165, 1.54) is 0 Å². The fourth-order valence-electron chi connectivity index (χ4n) is 2.24. The molecule has 1 aromatic heterocycles. The molecule has 8 heteroatoms. The Morgan fingerprint density at radius 3 is 3.00 bits per heavy atom. The number of urea groups is 1. The van der Waals surface area contributed by atoms with E-state index >= 15 is 0 Å². The Hall–Kier alpha value is -2.61. The molecule has 1 aromatic carbocycles. The highest BCUT2D eigenvalue weighted by Crippen LogP contribution is 2.21. The van der Waals surface area contributed by atoms with Crippen LogP contribution in [0.15, 0.2) is 28.8 Å². The highest BCUT2D eigenvalue weighted by Gasteiger charge is 2.17. The Morgan fingerprint density at radius 1 is 1.39 bits per heavy atom. The highest BCUT2D eigenvalue weighted by molar-refractivity contribution is 5.74. The van der Waals surface area contributed by atoms with Crippen molar-refractivity contribution in [3.8, 4) is 17.1 Å². The van der Waals surface area contributed by atoms with Crippen LogP contribution in [0.3, 0.4) is 0 Å². The molecule has 1 aliphatic heterocycles. The summed E-state index contributed by atoms with van der Waals surface area (Å²) in [7, 11) is 1.60. The average Bonchev–Trinajstić information content (AvgIpc) is 3.09. The van der Waals surface area contributed by atoms with Gasteiger partial charge in [-0.05, 0) is 12.1 Å². The number of rotatable bonds is 4. The van der Waals surface area contributed by atoms with Crippen molar-refractivity contribution in [1.82, 2.24) is 20.4 Å². The van der Waals surface area contributed by atoms with Gasteiger partial charge in [-0.25, -0.2) is 4.79 Å². The second-order valence-electron chi connectivity index (χ2n) is 5.00. The van der Waals surface area contributed by atoms with E-state index in [1.807, 2.05) is 24.3 Å². The van der Waals surface area contributed by atoms with E-state index in [-0.39, 0.29) is 12.6 Å². The van der Waals surface area contributed by atoms with Gasteiger partial charge in [0.15, 0.2) is 0 Å². The van der Waals surface area contributed by atoms with Crippen LogP contribution in [-0.2, 0) is 11.3 Å². The molecule has 0 saturated carbocycles. The minimum atomic E-state index is -0.158. The summed E-state index contributed by atoms with van der Waals surface area (Å²) in [6, 6.07) is 7.22. The topological polar surface area (TPSA) is 89.7 Å². The molecular weight excluding hydrogens is 300 g/mol. The summed E-state index contributed by atoms with van der Waals surface area (Å²) >= 11 is 0. The molecule has 2 heterocycles. The first-order valence-corrected chi connectivity index (χ1v) is 7.34. The molecule has 0 aliphatic carbocycles. The van der Waals surface area contributed by atoms with Crippen LogP contribution >= 0.6 is 0 Å². The predicted molar refractivity (Wildman–Crippen MR) is 80.9 cm³/mol. The van der Waals surface area contributed by atoms with Gasteiger partial charge in [0.25, 0.3) is 0 Å². The van der Waals surface area contributed by atoms with Crippen LogP contribution in [0.5, 0.6) is 5.75 Å². The minimum Gasteiger partial charge on any atom is -0.497 e. The van der Waals surface area contributed by atoms with E-state index in [0.717, 1.165) is 11.3 Å². The summed E-state index contributed by atoms with van der Waals surface area (Å²) in [5.74, 6) is 1.53. The van der Waals surface area contributed by atoms with Crippen molar-refractivity contribution < 1.29 is 18.8 Å². The van der Waals surface area contributed by atoms with Crippen LogP contribution in [0.1, 0.15) is 5.89 Å². The monoisotopic (exact) mass is 318 g/mol. The van der Waals surface area contributed by atoms with Gasteiger partial charge < -0.3 is 24.2 Å². The van der Waals surface area contributed by atoms with Crippen LogP contribution in [0.4, 0.5) is 4.79 Å². The molecule has 122 valence electrons. The minimum absolute atomic E-state index is 0.158. The van der Waals surface area contributed by atoms with Crippen molar-refractivity contribution in [2.75, 3.05) is 33.4 Å². The van der Waals surface area contributed by atoms with E-state index in [4.69, 9.17) is 14.0 Å². The second kappa shape index (κ2) is 7.10. The molecule has 2 amide bonds. The standard InChI is InChI=1S/C15H18N4O4/c1-21-12-4-2-3-11(9-12)14-17-13(23-18-14)10-16-15(20)19-5-7-22-8-6-19/h2-4,9H,5-8,10H2,1H3,(H,16,20). The van der Waals surface area contributed by atoms with Crippen LogP contribution in [-0.4, -0.2) is 54.5 Å². The molecule has 1 N–H and O–H groups in total. The molecule has 3 rings (SSSR count). The number of morpholine rings is 1. The molecule has 1 saturated heterocycles. The number of carbonyl (C=O) groups excluding carboxylic acids is 1. The smallest absolute Gasteiger partial charge is 0.317 e. The Kier molecular flexibility index (Phi) is 4.72. The summed E-state index contributed by atoms with van der Waals surface area (Å²) in [4.78, 5) is 18.0. The van der Waals surface area contributed by atoms with Gasteiger partial charge in [-0.15, -0.1) is 0 Å². The van der Waals surface area contributed by atoms with Crippen molar-refractivity contribution in [1.29, 1.82) is 0 Å². The van der Waals surface area contributed by atoms with Crippen molar-refractivity contribution in [3.05, 3.63) is 30.2 Å². The van der Waals surface area contributed by atoms with Gasteiger partial charge in [-0.2, -0.15) is 4.98 Å². The molecule has 0 atom stereocenters. The Morgan fingerprint density at radius 2 is 2.22 bits per heavy atom. The van der Waals surface area contributed by atoms with Crippen molar-refractivity contribution in [2.24, 2.45) is 0 Å². The molecule has 23 heavy (non-hydrogen) atoms. The van der Waals surface area contributed by atoms with E-state index in [2.05, 4.69) is 15.5 Å². The zero-order chi connectivity index (χ0) is 16.1. The van der Waals surface area contributed by atoms with Gasteiger partial charge in [-0.3, -0.25) is 0 Å². The molecule has 0 unspecified atom stereocenters. The van der Waals surface area contributed by atoms with E-state index in [0.29, 0.717) is 38.0 Å². The molecule has 1 fully saturated rings. The maximum atomic E-state index is 12.0. The Bertz CT molecular complexity index is 667. The fourth-order valence-corrected chi connectivity index (χ4v) is 2.24. The normalized spacial score (nSPS) is 14.6. The predicted octanol–water partition coefficient (Wildman–Crippen LogP) is 1.29. The zero-order valence-corrected chi connectivity index (χ0v) is 12.8. The third-order valence-corrected chi connectivity index (χ3v) is 3.49. The van der Waals surface area contributed by atoms with Gasteiger partial charge in [0.1, 0.15) is 5.75 Å². The summed E-state index contributed by atoms with van der Waals surface area (Å²) in [5, 5.41) is 6.69. The first kappa shape index (κ1) is 15.3. The number of aromatic nitrogens is 2. The van der Waals surface area contributed by atoms with Crippen LogP contribution < -0.4 is 10.1 Å². The van der Waals surface area contributed by atoms with Gasteiger partial charge in [-0.1, -0.05) is 17.3 Å². The molecule has 2 aromatic rings. The first-order valence-electron chi connectivity index (χ1n) is 7.34. The van der Waals surface area contributed by atoms with Crippen molar-refractivity contribution in [3.63, 3.8) is 0 Å². The molecule has 0 spiro atoms. The quantitative estimate of drug-likeness (QED) is 0.913. The largest absolute Gasteiger partial charge is 0.497 e. The summed E-state index contributed by atoms with van der Waals surface area (Å²) in [6.07, 6.45) is 0. The molecule has 0 radical (unpaired) electrons. The first-order chi connectivity index (χ1) is 11.3. The number of hydrogen-bond donors (Lipinski definition) is 1. The maximum absolute atomic E-state index is 12.0. The van der Waals surface area contributed by atoms with Crippen molar-refractivity contribution >= 4 is 6.03 Å². The lowest BCUT2D eigenvalue weighted by Gasteiger charge is -2.26. The number of amides is 2.